The Morgan fingerprint density at radius 1 is 0.480 bits per heavy atom. The fourth-order valence-corrected chi connectivity index (χ4v) is 9.15. The molecule has 0 atom stereocenters. The lowest BCUT2D eigenvalue weighted by Gasteiger charge is -2.27. The van der Waals surface area contributed by atoms with E-state index in [1.54, 1.807) is 0 Å². The van der Waals surface area contributed by atoms with Crippen LogP contribution < -0.4 is 4.90 Å². The molecule has 50 heavy (non-hydrogen) atoms. The summed E-state index contributed by atoms with van der Waals surface area (Å²) in [5.74, 6) is 0. The number of thiophene rings is 1. The van der Waals surface area contributed by atoms with E-state index >= 15 is 0 Å². The molecule has 234 valence electrons. The van der Waals surface area contributed by atoms with Crippen LogP contribution in [-0.2, 0) is 0 Å². The third kappa shape index (κ3) is 3.91. The minimum atomic E-state index is 0.876. The summed E-state index contributed by atoms with van der Waals surface area (Å²) in [5.41, 5.74) is 8.38. The van der Waals surface area contributed by atoms with E-state index in [0.29, 0.717) is 0 Å². The van der Waals surface area contributed by atoms with E-state index in [1.807, 2.05) is 11.3 Å². The van der Waals surface area contributed by atoms with Crippen LogP contribution in [0, 0.1) is 0 Å². The van der Waals surface area contributed by atoms with Crippen molar-refractivity contribution < 1.29 is 4.42 Å². The van der Waals surface area contributed by atoms with Gasteiger partial charge in [0, 0.05) is 53.1 Å². The lowest BCUT2D eigenvalue weighted by molar-refractivity contribution is 0.669. The molecule has 0 unspecified atom stereocenters. The Morgan fingerprint density at radius 2 is 1.18 bits per heavy atom. The quantitative estimate of drug-likeness (QED) is 0.188. The van der Waals surface area contributed by atoms with Crippen LogP contribution in [-0.4, -0.2) is 4.57 Å². The van der Waals surface area contributed by atoms with Gasteiger partial charge >= 0.3 is 0 Å². The van der Waals surface area contributed by atoms with E-state index in [0.717, 1.165) is 50.2 Å². The Bertz CT molecular complexity index is 3110. The van der Waals surface area contributed by atoms with Crippen molar-refractivity contribution in [3.8, 4) is 5.69 Å². The van der Waals surface area contributed by atoms with Gasteiger partial charge in [0.15, 0.2) is 5.58 Å². The van der Waals surface area contributed by atoms with Crippen molar-refractivity contribution in [2.24, 2.45) is 0 Å². The molecule has 0 aliphatic rings. The molecule has 3 aromatic heterocycles. The van der Waals surface area contributed by atoms with Gasteiger partial charge < -0.3 is 13.9 Å². The first-order valence-electron chi connectivity index (χ1n) is 16.9. The van der Waals surface area contributed by atoms with E-state index < -0.39 is 0 Å². The molecule has 11 aromatic rings. The zero-order valence-electron chi connectivity index (χ0n) is 26.9. The molecule has 8 aromatic carbocycles. The lowest BCUT2D eigenvalue weighted by Crippen LogP contribution is -2.12. The molecule has 0 saturated carbocycles. The zero-order chi connectivity index (χ0) is 32.8. The van der Waals surface area contributed by atoms with Crippen LogP contribution in [0.3, 0.4) is 0 Å². The van der Waals surface area contributed by atoms with Gasteiger partial charge in [0.1, 0.15) is 5.58 Å². The maximum Gasteiger partial charge on any atom is 0.160 e. The second-order valence-electron chi connectivity index (χ2n) is 12.9. The number of hydrogen-bond acceptors (Lipinski definition) is 3. The average Bonchev–Trinajstić information content (AvgIpc) is 3.85. The molecule has 0 aliphatic heterocycles. The number of hydrogen-bond donors (Lipinski definition) is 0. The summed E-state index contributed by atoms with van der Waals surface area (Å²) in [6.45, 7) is 0. The van der Waals surface area contributed by atoms with Crippen molar-refractivity contribution in [3.05, 3.63) is 170 Å². The number of fused-ring (bicyclic) bond motifs is 11. The van der Waals surface area contributed by atoms with E-state index in [1.165, 1.54) is 47.2 Å². The SMILES string of the molecule is c1ccc(-n2c3ccccc3c3cccc(N(c4ccc5c(c4)sc4ccccc45)c4cc5ccccc5c5c4oc4ccccc45)c32)cc1. The van der Waals surface area contributed by atoms with Gasteiger partial charge in [-0.1, -0.05) is 115 Å². The molecule has 0 aliphatic carbocycles. The highest BCUT2D eigenvalue weighted by Crippen LogP contribution is 2.49. The predicted molar refractivity (Wildman–Crippen MR) is 213 cm³/mol. The van der Waals surface area contributed by atoms with Gasteiger partial charge in [0.05, 0.1) is 22.4 Å². The molecule has 0 saturated heterocycles. The van der Waals surface area contributed by atoms with Crippen LogP contribution in [0.1, 0.15) is 0 Å². The van der Waals surface area contributed by atoms with E-state index in [4.69, 9.17) is 4.42 Å². The van der Waals surface area contributed by atoms with Crippen LogP contribution in [0.25, 0.3) is 80.4 Å². The lowest BCUT2D eigenvalue weighted by atomic mass is 10.0. The molecule has 11 rings (SSSR count). The van der Waals surface area contributed by atoms with Gasteiger partial charge in [-0.25, -0.2) is 0 Å². The molecule has 3 heterocycles. The average molecular weight is 657 g/mol. The van der Waals surface area contributed by atoms with E-state index in [2.05, 4.69) is 179 Å². The third-order valence-electron chi connectivity index (χ3n) is 10.1. The number of aromatic nitrogens is 1. The molecule has 3 nitrogen and oxygen atoms in total. The normalized spacial score (nSPS) is 12.0. The molecule has 0 bridgehead atoms. The van der Waals surface area contributed by atoms with Crippen molar-refractivity contribution in [2.45, 2.75) is 0 Å². The van der Waals surface area contributed by atoms with Gasteiger partial charge in [-0.3, -0.25) is 0 Å². The molecule has 0 radical (unpaired) electrons. The third-order valence-corrected chi connectivity index (χ3v) is 11.3. The van der Waals surface area contributed by atoms with Crippen molar-refractivity contribution in [1.82, 2.24) is 4.57 Å². The number of rotatable bonds is 4. The number of furan rings is 1. The second-order valence-corrected chi connectivity index (χ2v) is 14.0. The molecule has 0 fully saturated rings. The molecule has 0 spiro atoms. The summed E-state index contributed by atoms with van der Waals surface area (Å²) in [6, 6.07) is 61.2. The first kappa shape index (κ1) is 27.6. The zero-order valence-corrected chi connectivity index (χ0v) is 27.7. The van der Waals surface area contributed by atoms with Crippen molar-refractivity contribution in [3.63, 3.8) is 0 Å². The number of anilines is 3. The van der Waals surface area contributed by atoms with Crippen molar-refractivity contribution >= 4 is 103 Å². The smallest absolute Gasteiger partial charge is 0.160 e. The predicted octanol–water partition coefficient (Wildman–Crippen LogP) is 13.7. The Balaban J connectivity index is 1.31. The second kappa shape index (κ2) is 10.6. The Hall–Kier alpha value is -6.36. The highest BCUT2D eigenvalue weighted by Gasteiger charge is 2.26. The number of para-hydroxylation sites is 4. The highest BCUT2D eigenvalue weighted by molar-refractivity contribution is 7.25. The maximum absolute atomic E-state index is 6.89. The standard InChI is InChI=1S/C46H28N2OS/c1-2-14-30(15-3-1)48-38-21-9-6-17-33(38)36-20-12-22-39(45(36)48)47(31-25-26-35-34-18-8-11-24-42(34)50-43(35)28-31)40-27-29-13-4-5-16-32(29)44-37-19-7-10-23-41(37)49-46(40)44/h1-28H. The summed E-state index contributed by atoms with van der Waals surface area (Å²) >= 11 is 1.85. The van der Waals surface area contributed by atoms with Gasteiger partial charge in [-0.15, -0.1) is 11.3 Å². The Kier molecular flexibility index (Phi) is 5.83. The van der Waals surface area contributed by atoms with Gasteiger partial charge in [0.25, 0.3) is 0 Å². The number of nitrogens with zero attached hydrogens (tertiary/aromatic N) is 2. The Labute approximate surface area is 291 Å². The summed E-state index contributed by atoms with van der Waals surface area (Å²) in [5, 5.41) is 9.62. The van der Waals surface area contributed by atoms with Gasteiger partial charge in [-0.2, -0.15) is 0 Å². The fourth-order valence-electron chi connectivity index (χ4n) is 8.01. The topological polar surface area (TPSA) is 21.3 Å². The van der Waals surface area contributed by atoms with Crippen LogP contribution in [0.15, 0.2) is 174 Å². The van der Waals surface area contributed by atoms with Crippen LogP contribution >= 0.6 is 11.3 Å². The van der Waals surface area contributed by atoms with Crippen LogP contribution in [0.5, 0.6) is 0 Å². The fraction of sp³-hybridized carbons (Fsp3) is 0. The molecule has 4 heteroatoms. The summed E-state index contributed by atoms with van der Waals surface area (Å²) in [7, 11) is 0. The minimum absolute atomic E-state index is 0.876. The van der Waals surface area contributed by atoms with E-state index in [9.17, 15) is 0 Å². The highest BCUT2D eigenvalue weighted by atomic mass is 32.1. The minimum Gasteiger partial charge on any atom is -0.454 e. The van der Waals surface area contributed by atoms with Crippen LogP contribution in [0.2, 0.25) is 0 Å². The number of benzene rings is 8. The molecular formula is C46H28N2OS. The summed E-state index contributed by atoms with van der Waals surface area (Å²) in [4.78, 5) is 2.43. The van der Waals surface area contributed by atoms with Gasteiger partial charge in [0.2, 0.25) is 0 Å². The van der Waals surface area contributed by atoms with Gasteiger partial charge in [-0.05, 0) is 65.4 Å². The summed E-state index contributed by atoms with van der Waals surface area (Å²) in [6.07, 6.45) is 0. The first-order valence-corrected chi connectivity index (χ1v) is 17.8. The largest absolute Gasteiger partial charge is 0.454 e. The molecule has 0 N–H and O–H groups in total. The van der Waals surface area contributed by atoms with Crippen molar-refractivity contribution in [2.75, 3.05) is 4.90 Å². The monoisotopic (exact) mass is 656 g/mol. The summed E-state index contributed by atoms with van der Waals surface area (Å²) < 4.78 is 11.9. The maximum atomic E-state index is 6.89. The van der Waals surface area contributed by atoms with Crippen LogP contribution in [0.4, 0.5) is 17.1 Å². The first-order chi connectivity index (χ1) is 24.8. The molecule has 0 amide bonds. The van der Waals surface area contributed by atoms with Crippen molar-refractivity contribution in [1.29, 1.82) is 0 Å². The molecular weight excluding hydrogens is 629 g/mol. The Morgan fingerprint density at radius 3 is 2.08 bits per heavy atom. The van der Waals surface area contributed by atoms with E-state index in [-0.39, 0.29) is 0 Å².